The van der Waals surface area contributed by atoms with Crippen LogP contribution in [0.4, 0.5) is 5.69 Å². The molecule has 0 saturated carbocycles. The fraction of sp³-hybridized carbons (Fsp3) is 0.250. The monoisotopic (exact) mass is 200 g/mol. The van der Waals surface area contributed by atoms with Gasteiger partial charge in [-0.25, -0.2) is 13.1 Å². The number of nitrogen functional groups attached to an aromatic ring is 1. The minimum Gasteiger partial charge on any atom is -0.398 e. The lowest BCUT2D eigenvalue weighted by Crippen LogP contribution is -2.20. The number of para-hydroxylation sites is 1. The zero-order chi connectivity index (χ0) is 9.90. The molecular weight excluding hydrogens is 188 g/mol. The Morgan fingerprint density at radius 2 is 2.00 bits per heavy atom. The lowest BCUT2D eigenvalue weighted by atomic mass is 10.2. The number of benzene rings is 1. The molecule has 0 radical (unpaired) electrons. The molecule has 5 heteroatoms. The van der Waals surface area contributed by atoms with Crippen LogP contribution in [-0.2, 0) is 15.8 Å². The SMILES string of the molecule is CNS(=O)(=O)Cc1ccccc1N. The minimum atomic E-state index is -3.23. The Morgan fingerprint density at radius 3 is 2.54 bits per heavy atom. The highest BCUT2D eigenvalue weighted by atomic mass is 32.2. The van der Waals surface area contributed by atoms with Crippen LogP contribution in [0.15, 0.2) is 24.3 Å². The molecular formula is C8H12N2O2S. The molecule has 0 bridgehead atoms. The summed E-state index contributed by atoms with van der Waals surface area (Å²) < 4.78 is 24.5. The average molecular weight is 200 g/mol. The molecule has 1 rings (SSSR count). The molecule has 0 aliphatic carbocycles. The molecule has 0 saturated heterocycles. The molecule has 0 aliphatic rings. The fourth-order valence-electron chi connectivity index (χ4n) is 0.943. The topological polar surface area (TPSA) is 72.2 Å². The van der Waals surface area contributed by atoms with E-state index in [1.165, 1.54) is 7.05 Å². The highest BCUT2D eigenvalue weighted by Gasteiger charge is 2.09. The molecule has 0 aliphatic heterocycles. The number of anilines is 1. The van der Waals surface area contributed by atoms with E-state index < -0.39 is 10.0 Å². The molecule has 72 valence electrons. The molecule has 0 heterocycles. The van der Waals surface area contributed by atoms with Crippen molar-refractivity contribution < 1.29 is 8.42 Å². The maximum Gasteiger partial charge on any atom is 0.215 e. The first kappa shape index (κ1) is 10.0. The summed E-state index contributed by atoms with van der Waals surface area (Å²) >= 11 is 0. The lowest BCUT2D eigenvalue weighted by molar-refractivity contribution is 0.587. The largest absolute Gasteiger partial charge is 0.398 e. The van der Waals surface area contributed by atoms with Crippen molar-refractivity contribution in [2.45, 2.75) is 5.75 Å². The molecule has 0 unspecified atom stereocenters. The van der Waals surface area contributed by atoms with E-state index in [1.807, 2.05) is 0 Å². The first-order valence-electron chi connectivity index (χ1n) is 3.80. The Bertz CT molecular complexity index is 387. The summed E-state index contributed by atoms with van der Waals surface area (Å²) in [6, 6.07) is 6.91. The summed E-state index contributed by atoms with van der Waals surface area (Å²) in [5, 5.41) is 0. The van der Waals surface area contributed by atoms with E-state index >= 15 is 0 Å². The molecule has 1 aromatic rings. The van der Waals surface area contributed by atoms with Gasteiger partial charge in [-0.2, -0.15) is 0 Å². The fourth-order valence-corrected chi connectivity index (χ4v) is 1.76. The third-order valence-electron chi connectivity index (χ3n) is 1.71. The standard InChI is InChI=1S/C8H12N2O2S/c1-10-13(11,12)6-7-4-2-3-5-8(7)9/h2-5,10H,6,9H2,1H3. The maximum absolute atomic E-state index is 11.2. The van der Waals surface area contributed by atoms with Crippen LogP contribution in [-0.4, -0.2) is 15.5 Å². The van der Waals surface area contributed by atoms with Gasteiger partial charge < -0.3 is 5.73 Å². The quantitative estimate of drug-likeness (QED) is 0.690. The third kappa shape index (κ3) is 2.71. The normalized spacial score (nSPS) is 11.5. The van der Waals surface area contributed by atoms with Crippen molar-refractivity contribution in [3.63, 3.8) is 0 Å². The average Bonchev–Trinajstić information content (AvgIpc) is 2.09. The molecule has 0 atom stereocenters. The first-order valence-corrected chi connectivity index (χ1v) is 5.45. The Morgan fingerprint density at radius 1 is 1.38 bits per heavy atom. The second-order valence-corrected chi connectivity index (χ2v) is 4.59. The van der Waals surface area contributed by atoms with Gasteiger partial charge in [0.2, 0.25) is 10.0 Å². The van der Waals surface area contributed by atoms with E-state index in [1.54, 1.807) is 24.3 Å². The van der Waals surface area contributed by atoms with Gasteiger partial charge >= 0.3 is 0 Å². The van der Waals surface area contributed by atoms with E-state index in [-0.39, 0.29) is 5.75 Å². The smallest absolute Gasteiger partial charge is 0.215 e. The van der Waals surface area contributed by atoms with Gasteiger partial charge in [0.1, 0.15) is 0 Å². The lowest BCUT2D eigenvalue weighted by Gasteiger charge is -2.04. The zero-order valence-electron chi connectivity index (χ0n) is 7.32. The van der Waals surface area contributed by atoms with Crippen LogP contribution in [0.3, 0.4) is 0 Å². The van der Waals surface area contributed by atoms with Crippen molar-refractivity contribution in [3.05, 3.63) is 29.8 Å². The summed E-state index contributed by atoms with van der Waals surface area (Å²) in [6.07, 6.45) is 0. The van der Waals surface area contributed by atoms with Crippen molar-refractivity contribution in [3.8, 4) is 0 Å². The Hall–Kier alpha value is -1.07. The van der Waals surface area contributed by atoms with Crippen LogP contribution in [0.2, 0.25) is 0 Å². The van der Waals surface area contributed by atoms with Gasteiger partial charge in [-0.15, -0.1) is 0 Å². The van der Waals surface area contributed by atoms with Crippen LogP contribution < -0.4 is 10.5 Å². The van der Waals surface area contributed by atoms with Gasteiger partial charge in [0.05, 0.1) is 5.75 Å². The number of sulfonamides is 1. The van der Waals surface area contributed by atoms with Crippen molar-refractivity contribution in [1.29, 1.82) is 0 Å². The Labute approximate surface area is 77.8 Å². The van der Waals surface area contributed by atoms with Crippen LogP contribution >= 0.6 is 0 Å². The first-order chi connectivity index (χ1) is 6.05. The molecule has 0 spiro atoms. The number of hydrogen-bond donors (Lipinski definition) is 2. The van der Waals surface area contributed by atoms with E-state index in [9.17, 15) is 8.42 Å². The van der Waals surface area contributed by atoms with Gasteiger partial charge in [0.15, 0.2) is 0 Å². The van der Waals surface area contributed by atoms with Crippen LogP contribution in [0, 0.1) is 0 Å². The molecule has 4 nitrogen and oxygen atoms in total. The summed E-state index contributed by atoms with van der Waals surface area (Å²) in [5.41, 5.74) is 6.71. The zero-order valence-corrected chi connectivity index (χ0v) is 8.14. The number of hydrogen-bond acceptors (Lipinski definition) is 3. The van der Waals surface area contributed by atoms with Crippen molar-refractivity contribution in [2.24, 2.45) is 0 Å². The third-order valence-corrected chi connectivity index (χ3v) is 3.02. The summed E-state index contributed by atoms with van der Waals surface area (Å²) in [6.45, 7) is 0. The maximum atomic E-state index is 11.2. The van der Waals surface area contributed by atoms with E-state index in [4.69, 9.17) is 5.73 Å². The minimum absolute atomic E-state index is 0.0732. The Kier molecular flexibility index (Phi) is 2.90. The van der Waals surface area contributed by atoms with Crippen molar-refractivity contribution in [1.82, 2.24) is 4.72 Å². The van der Waals surface area contributed by atoms with Gasteiger partial charge in [-0.1, -0.05) is 18.2 Å². The van der Waals surface area contributed by atoms with Gasteiger partial charge in [-0.05, 0) is 18.7 Å². The molecule has 0 aromatic heterocycles. The summed E-state index contributed by atoms with van der Waals surface area (Å²) in [4.78, 5) is 0. The molecule has 0 fully saturated rings. The predicted molar refractivity (Wildman–Crippen MR) is 52.5 cm³/mol. The highest BCUT2D eigenvalue weighted by molar-refractivity contribution is 7.88. The van der Waals surface area contributed by atoms with Crippen LogP contribution in [0.25, 0.3) is 0 Å². The van der Waals surface area contributed by atoms with Gasteiger partial charge in [0.25, 0.3) is 0 Å². The summed E-state index contributed by atoms with van der Waals surface area (Å²) in [7, 11) is -1.84. The molecule has 1 aromatic carbocycles. The number of nitrogens with one attached hydrogen (secondary N) is 1. The Balaban J connectivity index is 2.93. The predicted octanol–water partition coefficient (Wildman–Crippen LogP) is 0.318. The number of nitrogens with two attached hydrogens (primary N) is 1. The van der Waals surface area contributed by atoms with Crippen molar-refractivity contribution in [2.75, 3.05) is 12.8 Å². The van der Waals surface area contributed by atoms with Crippen LogP contribution in [0.1, 0.15) is 5.56 Å². The van der Waals surface area contributed by atoms with E-state index in [2.05, 4.69) is 4.72 Å². The van der Waals surface area contributed by atoms with E-state index in [0.717, 1.165) is 0 Å². The second-order valence-electron chi connectivity index (χ2n) is 2.66. The van der Waals surface area contributed by atoms with Crippen molar-refractivity contribution >= 4 is 15.7 Å². The molecule has 3 N–H and O–H groups in total. The van der Waals surface area contributed by atoms with Gasteiger partial charge in [-0.3, -0.25) is 0 Å². The highest BCUT2D eigenvalue weighted by Crippen LogP contribution is 2.12. The molecule has 13 heavy (non-hydrogen) atoms. The van der Waals surface area contributed by atoms with E-state index in [0.29, 0.717) is 11.3 Å². The van der Waals surface area contributed by atoms with Gasteiger partial charge in [0, 0.05) is 5.69 Å². The number of rotatable bonds is 3. The second kappa shape index (κ2) is 3.76. The summed E-state index contributed by atoms with van der Waals surface area (Å²) in [5.74, 6) is -0.0732. The molecule has 0 amide bonds. The van der Waals surface area contributed by atoms with Crippen LogP contribution in [0.5, 0.6) is 0 Å².